The molecule has 2 N–H and O–H groups in total. The van der Waals surface area contributed by atoms with Gasteiger partial charge in [-0.15, -0.1) is 0 Å². The molecular weight excluding hydrogens is 388 g/mol. The number of H-pyrrole nitrogens is 1. The summed E-state index contributed by atoms with van der Waals surface area (Å²) in [6.45, 7) is 7.48. The molecule has 1 aliphatic heterocycles. The van der Waals surface area contributed by atoms with Gasteiger partial charge in [0, 0.05) is 17.5 Å². The van der Waals surface area contributed by atoms with Crippen LogP contribution in [0.2, 0.25) is 5.02 Å². The van der Waals surface area contributed by atoms with Crippen molar-refractivity contribution >= 4 is 28.6 Å². The summed E-state index contributed by atoms with van der Waals surface area (Å²) < 4.78 is 11.6. The van der Waals surface area contributed by atoms with Crippen molar-refractivity contribution < 1.29 is 14.6 Å². The Labute approximate surface area is 163 Å². The molecule has 0 amide bonds. The molecule has 0 bridgehead atoms. The summed E-state index contributed by atoms with van der Waals surface area (Å²) in [6.07, 6.45) is 0.665. The Balaban J connectivity index is 1.65. The molecule has 136 valence electrons. The smallest absolute Gasteiger partial charge is 0.307 e. The van der Waals surface area contributed by atoms with Crippen molar-refractivity contribution in [2.45, 2.75) is 12.3 Å². The lowest BCUT2D eigenvalue weighted by Crippen LogP contribution is -2.14. The highest BCUT2D eigenvalue weighted by molar-refractivity contribution is 7.09. The van der Waals surface area contributed by atoms with Crippen LogP contribution in [0.25, 0.3) is 4.85 Å². The molecule has 0 saturated heterocycles. The molecule has 2 heterocycles. The number of aromatic nitrogens is 1. The van der Waals surface area contributed by atoms with Gasteiger partial charge in [-0.05, 0) is 24.6 Å². The maximum atomic E-state index is 11.5. The van der Waals surface area contributed by atoms with Crippen molar-refractivity contribution in [3.8, 4) is 23.1 Å². The first-order valence-electron chi connectivity index (χ1n) is 8.08. The van der Waals surface area contributed by atoms with Crippen LogP contribution in [-0.4, -0.2) is 16.7 Å². The van der Waals surface area contributed by atoms with Crippen LogP contribution in [0.1, 0.15) is 22.8 Å². The average Bonchev–Trinajstić information content (AvgIpc) is 3.00. The third-order valence-electron chi connectivity index (χ3n) is 4.27. The maximum absolute atomic E-state index is 11.5. The van der Waals surface area contributed by atoms with Gasteiger partial charge in [-0.2, -0.15) is 0 Å². The number of ether oxygens (including phenoxy) is 2. The van der Waals surface area contributed by atoms with Gasteiger partial charge in [-0.25, -0.2) is 4.85 Å². The number of hydrogen-bond donors (Lipinski definition) is 2. The molecule has 27 heavy (non-hydrogen) atoms. The molecule has 1 atom stereocenters. The number of aromatic hydroxyl groups is 1. The molecule has 1 aromatic heterocycles. The van der Waals surface area contributed by atoms with E-state index >= 15 is 0 Å². The molecule has 2 aromatic carbocycles. The van der Waals surface area contributed by atoms with E-state index in [4.69, 9.17) is 27.6 Å². The number of rotatable bonds is 3. The van der Waals surface area contributed by atoms with Crippen LogP contribution in [0.4, 0.5) is 5.69 Å². The first-order chi connectivity index (χ1) is 13.0. The van der Waals surface area contributed by atoms with Crippen LogP contribution in [0.15, 0.2) is 41.2 Å². The third kappa shape index (κ3) is 3.37. The fourth-order valence-electron chi connectivity index (χ4n) is 3.04. The largest absolute Gasteiger partial charge is 0.494 e. The Morgan fingerprint density at radius 2 is 2.19 bits per heavy atom. The standard InChI is InChI=1S/C19H13ClN2O4S/c1-21-10-2-5-15(14(20)8-10)26-11-3-4-12-13(6-7-25-16(12)9-11)17-18(23)22-19(24)27-17/h2-5,8-9,13,23H,6-7H2,(H,22,24)/t13-/m1/s1. The summed E-state index contributed by atoms with van der Waals surface area (Å²) in [5, 5.41) is 10.3. The predicted octanol–water partition coefficient (Wildman–Crippen LogP) is 5.05. The Morgan fingerprint density at radius 3 is 2.89 bits per heavy atom. The van der Waals surface area contributed by atoms with E-state index in [0.717, 1.165) is 16.9 Å². The van der Waals surface area contributed by atoms with Crippen LogP contribution in [0, 0.1) is 6.57 Å². The van der Waals surface area contributed by atoms with E-state index in [0.29, 0.717) is 45.9 Å². The second kappa shape index (κ2) is 6.99. The quantitative estimate of drug-likeness (QED) is 0.603. The van der Waals surface area contributed by atoms with E-state index in [1.54, 1.807) is 30.3 Å². The third-order valence-corrected chi connectivity index (χ3v) is 5.55. The molecule has 8 heteroatoms. The van der Waals surface area contributed by atoms with Gasteiger partial charge in [0.2, 0.25) is 5.88 Å². The van der Waals surface area contributed by atoms with E-state index < -0.39 is 0 Å². The average molecular weight is 401 g/mol. The number of benzene rings is 2. The van der Waals surface area contributed by atoms with Gasteiger partial charge >= 0.3 is 4.87 Å². The number of halogens is 1. The zero-order valence-electron chi connectivity index (χ0n) is 13.9. The number of aromatic amines is 1. The van der Waals surface area contributed by atoms with Crippen molar-refractivity contribution in [2.75, 3.05) is 6.61 Å². The minimum atomic E-state index is -0.284. The number of nitrogens with zero attached hydrogens (tertiary/aromatic N) is 1. The van der Waals surface area contributed by atoms with E-state index in [1.165, 1.54) is 0 Å². The zero-order chi connectivity index (χ0) is 19.0. The summed E-state index contributed by atoms with van der Waals surface area (Å²) in [5.74, 6) is 1.41. The molecule has 6 nitrogen and oxygen atoms in total. The normalized spacial score (nSPS) is 15.5. The number of fused-ring (bicyclic) bond motifs is 1. The van der Waals surface area contributed by atoms with Crippen molar-refractivity contribution in [2.24, 2.45) is 0 Å². The summed E-state index contributed by atoms with van der Waals surface area (Å²) in [5.41, 5.74) is 1.32. The number of nitrogens with one attached hydrogen (secondary N) is 1. The van der Waals surface area contributed by atoms with Crippen LogP contribution in [-0.2, 0) is 0 Å². The van der Waals surface area contributed by atoms with Gasteiger partial charge in [-0.1, -0.05) is 35.1 Å². The lowest BCUT2D eigenvalue weighted by Gasteiger charge is -2.25. The first kappa shape index (κ1) is 17.5. The Kier molecular flexibility index (Phi) is 4.52. The lowest BCUT2D eigenvalue weighted by atomic mass is 9.92. The van der Waals surface area contributed by atoms with Crippen LogP contribution in [0.5, 0.6) is 23.1 Å². The van der Waals surface area contributed by atoms with Gasteiger partial charge in [0.15, 0.2) is 5.69 Å². The maximum Gasteiger partial charge on any atom is 0.307 e. The molecule has 3 aromatic rings. The molecule has 1 aliphatic rings. The highest BCUT2D eigenvalue weighted by Crippen LogP contribution is 2.44. The SMILES string of the molecule is [C-]#[N+]c1ccc(Oc2ccc3c(c2)OCC[C@H]3c2sc(=O)[nH]c2O)c(Cl)c1. The fourth-order valence-corrected chi connectivity index (χ4v) is 4.14. The van der Waals surface area contributed by atoms with Gasteiger partial charge < -0.3 is 14.6 Å². The molecule has 0 aliphatic carbocycles. The summed E-state index contributed by atoms with van der Waals surface area (Å²) in [6, 6.07) is 10.2. The zero-order valence-corrected chi connectivity index (χ0v) is 15.4. The van der Waals surface area contributed by atoms with Crippen LogP contribution < -0.4 is 14.3 Å². The molecule has 0 spiro atoms. The van der Waals surface area contributed by atoms with Crippen molar-refractivity contribution in [1.82, 2.24) is 4.98 Å². The Morgan fingerprint density at radius 1 is 1.33 bits per heavy atom. The number of hydrogen-bond acceptors (Lipinski definition) is 5. The van der Waals surface area contributed by atoms with Gasteiger partial charge in [0.1, 0.15) is 17.2 Å². The fraction of sp³-hybridized carbons (Fsp3) is 0.158. The van der Waals surface area contributed by atoms with Gasteiger partial charge in [0.05, 0.1) is 23.1 Å². The van der Waals surface area contributed by atoms with Crippen molar-refractivity contribution in [3.63, 3.8) is 0 Å². The highest BCUT2D eigenvalue weighted by Gasteiger charge is 2.28. The van der Waals surface area contributed by atoms with Crippen LogP contribution >= 0.6 is 22.9 Å². The Bertz CT molecular complexity index is 1120. The lowest BCUT2D eigenvalue weighted by molar-refractivity contribution is 0.275. The molecular formula is C19H13ClN2O4S. The summed E-state index contributed by atoms with van der Waals surface area (Å²) >= 11 is 7.17. The highest BCUT2D eigenvalue weighted by atomic mass is 35.5. The van der Waals surface area contributed by atoms with Gasteiger partial charge in [0.25, 0.3) is 0 Å². The summed E-state index contributed by atoms with van der Waals surface area (Å²) in [4.78, 5) is 17.6. The topological polar surface area (TPSA) is 75.9 Å². The van der Waals surface area contributed by atoms with Crippen molar-refractivity contribution in [3.05, 3.63) is 72.9 Å². The minimum absolute atomic E-state index is 0.0881. The molecule has 4 rings (SSSR count). The molecule has 0 unspecified atom stereocenters. The second-order valence-electron chi connectivity index (χ2n) is 5.95. The summed E-state index contributed by atoms with van der Waals surface area (Å²) in [7, 11) is 0. The molecule has 0 fully saturated rings. The number of thiazole rings is 1. The van der Waals surface area contributed by atoms with Crippen molar-refractivity contribution in [1.29, 1.82) is 0 Å². The molecule has 0 saturated carbocycles. The minimum Gasteiger partial charge on any atom is -0.494 e. The van der Waals surface area contributed by atoms with Crippen LogP contribution in [0.3, 0.4) is 0 Å². The monoisotopic (exact) mass is 400 g/mol. The second-order valence-corrected chi connectivity index (χ2v) is 7.37. The van der Waals surface area contributed by atoms with Gasteiger partial charge in [-0.3, -0.25) is 9.78 Å². The van der Waals surface area contributed by atoms with E-state index in [1.807, 2.05) is 6.07 Å². The first-order valence-corrected chi connectivity index (χ1v) is 9.28. The van der Waals surface area contributed by atoms with E-state index in [-0.39, 0.29) is 16.7 Å². The van der Waals surface area contributed by atoms with E-state index in [2.05, 4.69) is 9.83 Å². The Hall–Kier alpha value is -2.95. The predicted molar refractivity (Wildman–Crippen MR) is 103 cm³/mol. The van der Waals surface area contributed by atoms with E-state index in [9.17, 15) is 9.90 Å². The molecule has 0 radical (unpaired) electrons.